The van der Waals surface area contributed by atoms with Gasteiger partial charge in [-0.3, -0.25) is 9.59 Å². The molecule has 5 nitrogen and oxygen atoms in total. The van der Waals surface area contributed by atoms with E-state index in [9.17, 15) is 14.0 Å². The van der Waals surface area contributed by atoms with Crippen LogP contribution in [-0.4, -0.2) is 35.4 Å². The molecule has 0 spiro atoms. The highest BCUT2D eigenvalue weighted by atomic mass is 19.1. The van der Waals surface area contributed by atoms with E-state index in [2.05, 4.69) is 5.32 Å². The maximum Gasteiger partial charge on any atom is 0.242 e. The normalized spacial score (nSPS) is 14.7. The number of nitrogens with one attached hydrogen (secondary N) is 1. The van der Waals surface area contributed by atoms with E-state index in [4.69, 9.17) is 4.74 Å². The Morgan fingerprint density at radius 1 is 1.09 bits per heavy atom. The zero-order valence-electron chi connectivity index (χ0n) is 19.0. The molecule has 0 bridgehead atoms. The number of hydrogen-bond donors (Lipinski definition) is 1. The molecule has 0 saturated heterocycles. The summed E-state index contributed by atoms with van der Waals surface area (Å²) in [6, 6.07) is 13.4. The van der Waals surface area contributed by atoms with Gasteiger partial charge < -0.3 is 15.0 Å². The van der Waals surface area contributed by atoms with Crippen molar-refractivity contribution in [2.45, 2.75) is 71.0 Å². The molecule has 1 fully saturated rings. The number of carbonyl (C=O) groups excluding carboxylic acids is 2. The Hall–Kier alpha value is -2.89. The molecule has 32 heavy (non-hydrogen) atoms. The number of halogens is 1. The topological polar surface area (TPSA) is 58.6 Å². The van der Waals surface area contributed by atoms with Crippen LogP contribution in [-0.2, 0) is 16.1 Å². The van der Waals surface area contributed by atoms with Gasteiger partial charge in [0.2, 0.25) is 11.8 Å². The standard InChI is InChI=1S/C26H33FN2O3/c1-19-9-15-24(16-10-19)32-17-5-8-25(30)29(18-21-11-13-22(27)14-12-21)20(2)26(31)28-23-6-3-4-7-23/h9-16,20,23H,3-8,17-18H2,1-2H3,(H,28,31)/t20-/m1/s1. The summed E-state index contributed by atoms with van der Waals surface area (Å²) >= 11 is 0. The number of ether oxygens (including phenoxy) is 1. The van der Waals surface area contributed by atoms with Gasteiger partial charge in [-0.15, -0.1) is 0 Å². The van der Waals surface area contributed by atoms with Crippen molar-refractivity contribution in [3.05, 3.63) is 65.5 Å². The smallest absolute Gasteiger partial charge is 0.242 e. The molecule has 0 heterocycles. The second-order valence-electron chi connectivity index (χ2n) is 8.58. The van der Waals surface area contributed by atoms with Crippen molar-refractivity contribution in [2.24, 2.45) is 0 Å². The average molecular weight is 441 g/mol. The predicted octanol–water partition coefficient (Wildman–Crippen LogP) is 4.77. The number of nitrogens with zero attached hydrogens (tertiary/aromatic N) is 1. The second kappa shape index (κ2) is 11.7. The predicted molar refractivity (Wildman–Crippen MR) is 123 cm³/mol. The van der Waals surface area contributed by atoms with Crippen molar-refractivity contribution >= 4 is 11.8 Å². The van der Waals surface area contributed by atoms with Gasteiger partial charge in [-0.25, -0.2) is 4.39 Å². The van der Waals surface area contributed by atoms with Gasteiger partial charge >= 0.3 is 0 Å². The van der Waals surface area contributed by atoms with Crippen molar-refractivity contribution in [1.82, 2.24) is 10.2 Å². The van der Waals surface area contributed by atoms with E-state index >= 15 is 0 Å². The van der Waals surface area contributed by atoms with Gasteiger partial charge in [0.05, 0.1) is 6.61 Å². The van der Waals surface area contributed by atoms with Gasteiger partial charge in [0.15, 0.2) is 0 Å². The molecule has 1 aliphatic rings. The summed E-state index contributed by atoms with van der Waals surface area (Å²) in [7, 11) is 0. The molecule has 2 aromatic rings. The van der Waals surface area contributed by atoms with Crippen molar-refractivity contribution in [2.75, 3.05) is 6.61 Å². The molecule has 2 aromatic carbocycles. The molecule has 2 amide bonds. The molecule has 0 aromatic heterocycles. The second-order valence-corrected chi connectivity index (χ2v) is 8.58. The lowest BCUT2D eigenvalue weighted by molar-refractivity contribution is -0.141. The molecule has 1 atom stereocenters. The van der Waals surface area contributed by atoms with Gasteiger partial charge in [-0.05, 0) is 62.9 Å². The van der Waals surface area contributed by atoms with Gasteiger partial charge in [-0.1, -0.05) is 42.7 Å². The van der Waals surface area contributed by atoms with E-state index in [-0.39, 0.29) is 36.6 Å². The van der Waals surface area contributed by atoms with E-state index in [1.165, 1.54) is 12.1 Å². The minimum atomic E-state index is -0.605. The Kier molecular flexibility index (Phi) is 8.65. The minimum absolute atomic E-state index is 0.115. The molecule has 0 radical (unpaired) electrons. The number of aryl methyl sites for hydroxylation is 1. The monoisotopic (exact) mass is 440 g/mol. The Morgan fingerprint density at radius 3 is 2.41 bits per heavy atom. The summed E-state index contributed by atoms with van der Waals surface area (Å²) in [5.41, 5.74) is 1.95. The summed E-state index contributed by atoms with van der Waals surface area (Å²) in [5, 5.41) is 3.08. The van der Waals surface area contributed by atoms with Crippen molar-refractivity contribution in [3.63, 3.8) is 0 Å². The molecule has 1 N–H and O–H groups in total. The van der Waals surface area contributed by atoms with Crippen LogP contribution in [0.5, 0.6) is 5.75 Å². The fraction of sp³-hybridized carbons (Fsp3) is 0.462. The first kappa shape index (κ1) is 23.8. The third kappa shape index (κ3) is 7.08. The Labute approximate surface area is 190 Å². The van der Waals surface area contributed by atoms with Gasteiger partial charge in [0.25, 0.3) is 0 Å². The van der Waals surface area contributed by atoms with E-state index < -0.39 is 6.04 Å². The first-order chi connectivity index (χ1) is 15.4. The molecule has 1 aliphatic carbocycles. The SMILES string of the molecule is Cc1ccc(OCCCC(=O)N(Cc2ccc(F)cc2)[C@H](C)C(=O)NC2CCCC2)cc1. The maximum atomic E-state index is 13.3. The Bertz CT molecular complexity index is 877. The molecule has 6 heteroatoms. The van der Waals surface area contributed by atoms with Crippen LogP contribution >= 0.6 is 0 Å². The number of amides is 2. The van der Waals surface area contributed by atoms with Gasteiger partial charge in [0.1, 0.15) is 17.6 Å². The van der Waals surface area contributed by atoms with E-state index in [1.807, 2.05) is 31.2 Å². The summed E-state index contributed by atoms with van der Waals surface area (Å²) < 4.78 is 19.0. The number of benzene rings is 2. The van der Waals surface area contributed by atoms with Crippen LogP contribution in [0, 0.1) is 12.7 Å². The van der Waals surface area contributed by atoms with E-state index in [1.54, 1.807) is 24.0 Å². The third-order valence-electron chi connectivity index (χ3n) is 5.96. The summed E-state index contributed by atoms with van der Waals surface area (Å²) in [6.45, 7) is 4.45. The number of rotatable bonds is 10. The Morgan fingerprint density at radius 2 is 1.75 bits per heavy atom. The number of carbonyl (C=O) groups is 2. The lowest BCUT2D eigenvalue weighted by Crippen LogP contribution is -2.49. The van der Waals surface area contributed by atoms with Crippen LogP contribution < -0.4 is 10.1 Å². The largest absolute Gasteiger partial charge is 0.494 e. The van der Waals surface area contributed by atoms with E-state index in [0.29, 0.717) is 13.0 Å². The highest BCUT2D eigenvalue weighted by molar-refractivity contribution is 5.87. The van der Waals surface area contributed by atoms with Crippen LogP contribution in [0.1, 0.15) is 56.6 Å². The molecule has 1 saturated carbocycles. The van der Waals surface area contributed by atoms with Gasteiger partial charge in [-0.2, -0.15) is 0 Å². The van der Waals surface area contributed by atoms with Crippen LogP contribution in [0.3, 0.4) is 0 Å². The molecular weight excluding hydrogens is 407 g/mol. The van der Waals surface area contributed by atoms with Crippen molar-refractivity contribution in [1.29, 1.82) is 0 Å². The lowest BCUT2D eigenvalue weighted by Gasteiger charge is -2.30. The summed E-state index contributed by atoms with van der Waals surface area (Å²) in [4.78, 5) is 27.5. The zero-order valence-corrected chi connectivity index (χ0v) is 19.0. The molecule has 172 valence electrons. The highest BCUT2D eigenvalue weighted by Gasteiger charge is 2.28. The fourth-order valence-electron chi connectivity index (χ4n) is 3.95. The minimum Gasteiger partial charge on any atom is -0.494 e. The molecular formula is C26H33FN2O3. The fourth-order valence-corrected chi connectivity index (χ4v) is 3.95. The van der Waals surface area contributed by atoms with Crippen molar-refractivity contribution < 1.29 is 18.7 Å². The molecule has 0 aliphatic heterocycles. The number of hydrogen-bond acceptors (Lipinski definition) is 3. The Balaban J connectivity index is 1.59. The zero-order chi connectivity index (χ0) is 22.9. The maximum absolute atomic E-state index is 13.3. The summed E-state index contributed by atoms with van der Waals surface area (Å²) in [6.07, 6.45) is 5.04. The molecule has 0 unspecified atom stereocenters. The average Bonchev–Trinajstić information content (AvgIpc) is 3.30. The quantitative estimate of drug-likeness (QED) is 0.542. The molecule has 3 rings (SSSR count). The summed E-state index contributed by atoms with van der Waals surface area (Å²) in [5.74, 6) is 0.196. The van der Waals surface area contributed by atoms with Crippen LogP contribution in [0.2, 0.25) is 0 Å². The first-order valence-electron chi connectivity index (χ1n) is 11.5. The van der Waals surface area contributed by atoms with Crippen LogP contribution in [0.4, 0.5) is 4.39 Å². The first-order valence-corrected chi connectivity index (χ1v) is 11.5. The van der Waals surface area contributed by atoms with Crippen LogP contribution in [0.15, 0.2) is 48.5 Å². The van der Waals surface area contributed by atoms with Crippen LogP contribution in [0.25, 0.3) is 0 Å². The van der Waals surface area contributed by atoms with E-state index in [0.717, 1.165) is 42.6 Å². The highest BCUT2D eigenvalue weighted by Crippen LogP contribution is 2.19. The lowest BCUT2D eigenvalue weighted by atomic mass is 10.1. The third-order valence-corrected chi connectivity index (χ3v) is 5.96. The van der Waals surface area contributed by atoms with Gasteiger partial charge in [0, 0.05) is 19.0 Å². The van der Waals surface area contributed by atoms with Crippen molar-refractivity contribution in [3.8, 4) is 5.75 Å².